The first-order valence-corrected chi connectivity index (χ1v) is 6.51. The molecule has 1 aromatic heterocycles. The zero-order valence-corrected chi connectivity index (χ0v) is 12.0. The van der Waals surface area contributed by atoms with Crippen LogP contribution in [0, 0.1) is 15.5 Å². The minimum Gasteiger partial charge on any atom is -0.481 e. The molecule has 0 atom stereocenters. The van der Waals surface area contributed by atoms with E-state index >= 15 is 0 Å². The third-order valence-electron chi connectivity index (χ3n) is 3.43. The molecular weight excluding hydrogens is 286 g/mol. The van der Waals surface area contributed by atoms with Crippen molar-refractivity contribution in [3.05, 3.63) is 27.4 Å². The number of anilines is 1. The van der Waals surface area contributed by atoms with Crippen LogP contribution in [0.3, 0.4) is 0 Å². The van der Waals surface area contributed by atoms with Gasteiger partial charge in [-0.3, -0.25) is 14.9 Å². The molecule has 0 spiro atoms. The van der Waals surface area contributed by atoms with Gasteiger partial charge in [0.15, 0.2) is 0 Å². The number of rotatable bonds is 7. The van der Waals surface area contributed by atoms with Crippen LogP contribution in [-0.4, -0.2) is 27.5 Å². The van der Waals surface area contributed by atoms with Crippen molar-refractivity contribution in [2.75, 3.05) is 11.9 Å². The van der Waals surface area contributed by atoms with E-state index in [4.69, 9.17) is 11.6 Å². The molecule has 0 fully saturated rings. The number of hydrogen-bond acceptors (Lipinski definition) is 5. The van der Waals surface area contributed by atoms with E-state index in [-0.39, 0.29) is 23.1 Å². The summed E-state index contributed by atoms with van der Waals surface area (Å²) in [7, 11) is 0. The lowest BCUT2D eigenvalue weighted by atomic mass is 9.82. The summed E-state index contributed by atoms with van der Waals surface area (Å²) in [5, 5.41) is 23.1. The molecule has 20 heavy (non-hydrogen) atoms. The van der Waals surface area contributed by atoms with Crippen LogP contribution < -0.4 is 5.32 Å². The molecule has 2 N–H and O–H groups in total. The zero-order valence-electron chi connectivity index (χ0n) is 11.2. The van der Waals surface area contributed by atoms with Gasteiger partial charge in [-0.1, -0.05) is 25.4 Å². The van der Waals surface area contributed by atoms with Crippen molar-refractivity contribution >= 4 is 29.1 Å². The zero-order chi connectivity index (χ0) is 15.3. The van der Waals surface area contributed by atoms with E-state index in [2.05, 4.69) is 10.3 Å². The lowest BCUT2D eigenvalue weighted by Gasteiger charge is -2.26. The number of carboxylic acid groups (broad SMARTS) is 1. The lowest BCUT2D eigenvalue weighted by Crippen LogP contribution is -2.37. The van der Waals surface area contributed by atoms with Gasteiger partial charge in [0, 0.05) is 18.8 Å². The minimum atomic E-state index is -0.977. The second-order valence-electron chi connectivity index (χ2n) is 4.42. The Balaban J connectivity index is 2.99. The van der Waals surface area contributed by atoms with Crippen LogP contribution >= 0.6 is 11.6 Å². The maximum atomic E-state index is 11.4. The second-order valence-corrected chi connectivity index (χ2v) is 4.86. The molecule has 0 aliphatic rings. The first kappa shape index (κ1) is 16.2. The van der Waals surface area contributed by atoms with Crippen LogP contribution in [0.5, 0.6) is 0 Å². The largest absolute Gasteiger partial charge is 0.481 e. The second kappa shape index (κ2) is 6.51. The van der Waals surface area contributed by atoms with Crippen LogP contribution in [0.2, 0.25) is 5.02 Å². The van der Waals surface area contributed by atoms with Crippen molar-refractivity contribution in [2.24, 2.45) is 5.41 Å². The normalized spacial score (nSPS) is 11.2. The Morgan fingerprint density at radius 2 is 2.15 bits per heavy atom. The molecule has 0 aliphatic carbocycles. The molecular formula is C12H16ClN3O4. The third-order valence-corrected chi connectivity index (χ3v) is 3.64. The molecule has 0 unspecified atom stereocenters. The van der Waals surface area contributed by atoms with E-state index in [0.717, 1.165) is 0 Å². The molecule has 110 valence electrons. The number of aliphatic carboxylic acids is 1. The molecule has 0 saturated heterocycles. The number of aromatic nitrogens is 1. The molecule has 1 heterocycles. The monoisotopic (exact) mass is 301 g/mol. The van der Waals surface area contributed by atoms with Crippen LogP contribution in [0.4, 0.5) is 11.5 Å². The van der Waals surface area contributed by atoms with Gasteiger partial charge in [0.25, 0.3) is 0 Å². The van der Waals surface area contributed by atoms with Gasteiger partial charge in [0.05, 0.1) is 15.4 Å². The Morgan fingerprint density at radius 3 is 2.60 bits per heavy atom. The fourth-order valence-electron chi connectivity index (χ4n) is 1.83. The lowest BCUT2D eigenvalue weighted by molar-refractivity contribution is -0.384. The Morgan fingerprint density at radius 1 is 1.55 bits per heavy atom. The maximum absolute atomic E-state index is 11.4. The van der Waals surface area contributed by atoms with Crippen LogP contribution in [0.25, 0.3) is 0 Å². The van der Waals surface area contributed by atoms with Crippen molar-refractivity contribution in [1.29, 1.82) is 0 Å². The topological polar surface area (TPSA) is 105 Å². The van der Waals surface area contributed by atoms with Crippen molar-refractivity contribution in [3.63, 3.8) is 0 Å². The fourth-order valence-corrected chi connectivity index (χ4v) is 1.99. The quantitative estimate of drug-likeness (QED) is 0.592. The van der Waals surface area contributed by atoms with E-state index in [1.165, 1.54) is 12.3 Å². The molecule has 0 bridgehead atoms. The summed E-state index contributed by atoms with van der Waals surface area (Å²) in [6, 6.07) is 1.18. The Labute approximate surface area is 121 Å². The van der Waals surface area contributed by atoms with Gasteiger partial charge in [0.2, 0.25) is 5.82 Å². The van der Waals surface area contributed by atoms with Gasteiger partial charge < -0.3 is 10.4 Å². The highest BCUT2D eigenvalue weighted by molar-refractivity contribution is 6.30. The fraction of sp³-hybridized carbons (Fsp3) is 0.500. The number of halogens is 1. The summed E-state index contributed by atoms with van der Waals surface area (Å²) in [4.78, 5) is 25.5. The van der Waals surface area contributed by atoms with Gasteiger partial charge in [-0.2, -0.15) is 0 Å². The van der Waals surface area contributed by atoms with Crippen LogP contribution in [-0.2, 0) is 4.79 Å². The van der Waals surface area contributed by atoms with Crippen molar-refractivity contribution < 1.29 is 14.8 Å². The van der Waals surface area contributed by atoms with E-state index in [1.807, 2.05) is 0 Å². The first-order chi connectivity index (χ1) is 9.36. The molecule has 0 saturated carbocycles. The summed E-state index contributed by atoms with van der Waals surface area (Å²) in [6.07, 6.45) is 2.09. The van der Waals surface area contributed by atoms with E-state index in [0.29, 0.717) is 12.8 Å². The van der Waals surface area contributed by atoms with Gasteiger partial charge in [-0.25, -0.2) is 4.98 Å². The SMILES string of the molecule is CCC(CC)(CNc1ncc(Cl)cc1[N+](=O)[O-])C(=O)O. The number of nitrogens with one attached hydrogen (secondary N) is 1. The molecule has 0 aliphatic heterocycles. The Bertz CT molecular complexity index is 517. The summed E-state index contributed by atoms with van der Waals surface area (Å²) >= 11 is 5.67. The number of carbonyl (C=O) groups is 1. The third kappa shape index (κ3) is 3.36. The van der Waals surface area contributed by atoms with Gasteiger partial charge in [0.1, 0.15) is 0 Å². The summed E-state index contributed by atoms with van der Waals surface area (Å²) in [5.74, 6) is -0.918. The van der Waals surface area contributed by atoms with Crippen LogP contribution in [0.1, 0.15) is 26.7 Å². The predicted molar refractivity (Wildman–Crippen MR) is 75.0 cm³/mol. The molecule has 1 rings (SSSR count). The molecule has 0 radical (unpaired) electrons. The van der Waals surface area contributed by atoms with Crippen molar-refractivity contribution in [1.82, 2.24) is 4.98 Å². The standard InChI is InChI=1S/C12H16ClN3O4/c1-3-12(4-2,11(17)18)7-15-10-9(16(19)20)5-8(13)6-14-10/h5-6H,3-4,7H2,1-2H3,(H,14,15)(H,17,18). The highest BCUT2D eigenvalue weighted by atomic mass is 35.5. The van der Waals surface area contributed by atoms with Crippen molar-refractivity contribution in [2.45, 2.75) is 26.7 Å². The Hall–Kier alpha value is -1.89. The average molecular weight is 302 g/mol. The summed E-state index contributed by atoms with van der Waals surface area (Å²) in [6.45, 7) is 3.59. The predicted octanol–water partition coefficient (Wildman–Crippen LogP) is 2.95. The molecule has 1 aromatic rings. The highest BCUT2D eigenvalue weighted by Crippen LogP contribution is 2.30. The van der Waals surface area contributed by atoms with Gasteiger partial charge >= 0.3 is 11.7 Å². The van der Waals surface area contributed by atoms with Crippen LogP contribution in [0.15, 0.2) is 12.3 Å². The number of nitro groups is 1. The smallest absolute Gasteiger partial charge is 0.312 e. The summed E-state index contributed by atoms with van der Waals surface area (Å²) < 4.78 is 0. The maximum Gasteiger partial charge on any atom is 0.312 e. The number of pyridine rings is 1. The first-order valence-electron chi connectivity index (χ1n) is 6.13. The van der Waals surface area contributed by atoms with Crippen molar-refractivity contribution in [3.8, 4) is 0 Å². The van der Waals surface area contributed by atoms with E-state index in [1.54, 1.807) is 13.8 Å². The Kier molecular flexibility index (Phi) is 5.26. The number of hydrogen-bond donors (Lipinski definition) is 2. The molecule has 7 nitrogen and oxygen atoms in total. The van der Waals surface area contributed by atoms with E-state index in [9.17, 15) is 20.0 Å². The molecule has 8 heteroatoms. The number of nitrogens with zero attached hydrogens (tertiary/aromatic N) is 2. The van der Waals surface area contributed by atoms with Gasteiger partial charge in [-0.15, -0.1) is 0 Å². The minimum absolute atomic E-state index is 0.0203. The van der Waals surface area contributed by atoms with Gasteiger partial charge in [-0.05, 0) is 12.8 Å². The highest BCUT2D eigenvalue weighted by Gasteiger charge is 2.35. The van der Waals surface area contributed by atoms with E-state index < -0.39 is 16.3 Å². The number of carboxylic acids is 1. The molecule has 0 amide bonds. The average Bonchev–Trinajstić information content (AvgIpc) is 2.41. The summed E-state index contributed by atoms with van der Waals surface area (Å²) in [5.41, 5.74) is -1.25. The molecule has 0 aromatic carbocycles.